The summed E-state index contributed by atoms with van der Waals surface area (Å²) < 4.78 is 4.88. The van der Waals surface area contributed by atoms with Gasteiger partial charge in [-0.1, -0.05) is 16.8 Å². The van der Waals surface area contributed by atoms with Crippen molar-refractivity contribution in [3.63, 3.8) is 0 Å². The quantitative estimate of drug-likeness (QED) is 0.757. The normalized spacial score (nSPS) is 10.3. The van der Waals surface area contributed by atoms with Gasteiger partial charge in [-0.2, -0.15) is 0 Å². The van der Waals surface area contributed by atoms with E-state index in [0.717, 1.165) is 0 Å². The van der Waals surface area contributed by atoms with E-state index in [-0.39, 0.29) is 10.8 Å². The number of nitrogen functional groups attached to an aromatic ring is 1. The van der Waals surface area contributed by atoms with Gasteiger partial charge in [0.05, 0.1) is 0 Å². The van der Waals surface area contributed by atoms with Gasteiger partial charge < -0.3 is 15.6 Å². The molecule has 0 aliphatic carbocycles. The van der Waals surface area contributed by atoms with Crippen molar-refractivity contribution in [3.05, 3.63) is 23.3 Å². The molecule has 0 atom stereocenters. The summed E-state index contributed by atoms with van der Waals surface area (Å²) in [5, 5.41) is 6.81. The lowest BCUT2D eigenvalue weighted by Crippen LogP contribution is -2.00. The first kappa shape index (κ1) is 9.72. The van der Waals surface area contributed by atoms with E-state index in [1.54, 1.807) is 13.0 Å². The number of aromatic nitrogens is 3. The summed E-state index contributed by atoms with van der Waals surface area (Å²) in [6.45, 7) is 1.79. The molecule has 2 aromatic rings. The largest absolute Gasteiger partial charge is 0.393 e. The lowest BCUT2D eigenvalue weighted by atomic mass is 10.4. The van der Waals surface area contributed by atoms with Crippen LogP contribution in [0.25, 0.3) is 0 Å². The first-order valence-corrected chi connectivity index (χ1v) is 4.51. The van der Waals surface area contributed by atoms with Gasteiger partial charge in [-0.3, -0.25) is 0 Å². The number of rotatable bonds is 2. The van der Waals surface area contributed by atoms with Gasteiger partial charge in [-0.05, 0) is 6.92 Å². The van der Waals surface area contributed by atoms with Crippen LogP contribution in [-0.4, -0.2) is 15.1 Å². The zero-order valence-electron chi connectivity index (χ0n) is 7.86. The Kier molecular flexibility index (Phi) is 2.42. The predicted molar refractivity (Wildman–Crippen MR) is 56.0 cm³/mol. The fraction of sp³-hybridized carbons (Fsp3) is 0.125. The van der Waals surface area contributed by atoms with Crippen LogP contribution in [0.1, 0.15) is 5.76 Å². The van der Waals surface area contributed by atoms with Crippen molar-refractivity contribution in [2.75, 3.05) is 11.1 Å². The van der Waals surface area contributed by atoms with Crippen molar-refractivity contribution >= 4 is 28.9 Å². The van der Waals surface area contributed by atoms with Crippen LogP contribution in [0, 0.1) is 6.92 Å². The van der Waals surface area contributed by atoms with E-state index in [9.17, 15) is 0 Å². The number of aryl methyl sites for hydroxylation is 1. The van der Waals surface area contributed by atoms with Gasteiger partial charge in [0.1, 0.15) is 17.8 Å². The average Bonchev–Trinajstić information content (AvgIpc) is 2.59. The van der Waals surface area contributed by atoms with Crippen molar-refractivity contribution in [3.8, 4) is 0 Å². The molecule has 0 aliphatic rings. The molecule has 0 radical (unpaired) electrons. The van der Waals surface area contributed by atoms with Crippen LogP contribution in [0.3, 0.4) is 0 Å². The fourth-order valence-electron chi connectivity index (χ4n) is 1.02. The van der Waals surface area contributed by atoms with Gasteiger partial charge in [0.25, 0.3) is 0 Å². The second-order valence-corrected chi connectivity index (χ2v) is 3.23. The molecule has 2 heterocycles. The Bertz CT molecular complexity index is 484. The van der Waals surface area contributed by atoms with Crippen LogP contribution in [0.2, 0.25) is 5.15 Å². The molecule has 2 rings (SSSR count). The van der Waals surface area contributed by atoms with Crippen molar-refractivity contribution < 1.29 is 4.52 Å². The maximum absolute atomic E-state index is 5.73. The van der Waals surface area contributed by atoms with Gasteiger partial charge in [0.15, 0.2) is 16.8 Å². The lowest BCUT2D eigenvalue weighted by Gasteiger charge is -2.04. The molecule has 3 N–H and O–H groups in total. The fourth-order valence-corrected chi connectivity index (χ4v) is 1.15. The highest BCUT2D eigenvalue weighted by molar-refractivity contribution is 6.32. The van der Waals surface area contributed by atoms with Gasteiger partial charge in [0.2, 0.25) is 0 Å². The molecule has 6 nitrogen and oxygen atoms in total. The monoisotopic (exact) mass is 225 g/mol. The summed E-state index contributed by atoms with van der Waals surface area (Å²) in [5.41, 5.74) is 5.94. The summed E-state index contributed by atoms with van der Waals surface area (Å²) in [4.78, 5) is 7.66. The number of anilines is 3. The lowest BCUT2D eigenvalue weighted by molar-refractivity contribution is 0.400. The number of nitrogens with two attached hydrogens (primary N) is 1. The molecule has 7 heteroatoms. The van der Waals surface area contributed by atoms with E-state index in [4.69, 9.17) is 21.9 Å². The molecule has 0 aliphatic heterocycles. The van der Waals surface area contributed by atoms with E-state index < -0.39 is 0 Å². The Morgan fingerprint density at radius 2 is 2.27 bits per heavy atom. The van der Waals surface area contributed by atoms with Crippen molar-refractivity contribution in [1.82, 2.24) is 15.1 Å². The number of halogens is 1. The molecule has 0 saturated heterocycles. The minimum atomic E-state index is 0.202. The first-order chi connectivity index (χ1) is 7.16. The van der Waals surface area contributed by atoms with E-state index in [2.05, 4.69) is 20.4 Å². The molecule has 0 saturated carbocycles. The summed E-state index contributed by atoms with van der Waals surface area (Å²) in [5.74, 6) is 1.62. The molecule has 78 valence electrons. The van der Waals surface area contributed by atoms with Crippen LogP contribution in [0.5, 0.6) is 0 Å². The zero-order chi connectivity index (χ0) is 10.8. The minimum absolute atomic E-state index is 0.202. The first-order valence-electron chi connectivity index (χ1n) is 4.13. The average molecular weight is 226 g/mol. The number of hydrogen-bond donors (Lipinski definition) is 2. The van der Waals surface area contributed by atoms with E-state index in [1.165, 1.54) is 6.33 Å². The predicted octanol–water partition coefficient (Wildman–Crippen LogP) is 1.75. The third-order valence-electron chi connectivity index (χ3n) is 1.71. The standard InChI is InChI=1S/C8H8ClN5O/c1-4-2-5(14-15-4)13-8-6(10)7(9)11-3-12-8/h2-3H,10H2,1H3,(H,11,12,13,14). The van der Waals surface area contributed by atoms with E-state index in [1.807, 2.05) is 0 Å². The number of nitrogens with one attached hydrogen (secondary N) is 1. The van der Waals surface area contributed by atoms with Gasteiger partial charge >= 0.3 is 0 Å². The van der Waals surface area contributed by atoms with Gasteiger partial charge in [0, 0.05) is 6.07 Å². The Labute approximate surface area is 90.5 Å². The Hall–Kier alpha value is -1.82. The smallest absolute Gasteiger partial charge is 0.175 e. The summed E-state index contributed by atoms with van der Waals surface area (Å²) >= 11 is 5.73. The Balaban J connectivity index is 2.28. The molecule has 2 aromatic heterocycles. The van der Waals surface area contributed by atoms with Gasteiger partial charge in [-0.25, -0.2) is 9.97 Å². The Morgan fingerprint density at radius 3 is 2.93 bits per heavy atom. The topological polar surface area (TPSA) is 89.9 Å². The molecule has 0 spiro atoms. The summed E-state index contributed by atoms with van der Waals surface area (Å²) in [7, 11) is 0. The van der Waals surface area contributed by atoms with Crippen LogP contribution in [0.4, 0.5) is 17.3 Å². The Morgan fingerprint density at radius 1 is 1.47 bits per heavy atom. The molecular weight excluding hydrogens is 218 g/mol. The molecule has 0 amide bonds. The number of hydrogen-bond acceptors (Lipinski definition) is 6. The minimum Gasteiger partial charge on any atom is -0.393 e. The molecule has 0 bridgehead atoms. The maximum atomic E-state index is 5.73. The van der Waals surface area contributed by atoms with Crippen molar-refractivity contribution in [2.45, 2.75) is 6.92 Å². The van der Waals surface area contributed by atoms with Crippen molar-refractivity contribution in [1.29, 1.82) is 0 Å². The summed E-state index contributed by atoms with van der Waals surface area (Å²) in [6.07, 6.45) is 1.31. The molecule has 15 heavy (non-hydrogen) atoms. The molecule has 0 aromatic carbocycles. The molecule has 0 fully saturated rings. The third-order valence-corrected chi connectivity index (χ3v) is 2.01. The van der Waals surface area contributed by atoms with Crippen LogP contribution in [0.15, 0.2) is 16.9 Å². The zero-order valence-corrected chi connectivity index (χ0v) is 8.62. The second-order valence-electron chi connectivity index (χ2n) is 2.87. The maximum Gasteiger partial charge on any atom is 0.175 e. The summed E-state index contributed by atoms with van der Waals surface area (Å²) in [6, 6.07) is 1.72. The molecule has 0 unspecified atom stereocenters. The van der Waals surface area contributed by atoms with Crippen LogP contribution in [-0.2, 0) is 0 Å². The second kappa shape index (κ2) is 3.74. The third kappa shape index (κ3) is 1.99. The number of nitrogens with zero attached hydrogens (tertiary/aromatic N) is 3. The van der Waals surface area contributed by atoms with Crippen LogP contribution < -0.4 is 11.1 Å². The van der Waals surface area contributed by atoms with Crippen molar-refractivity contribution in [2.24, 2.45) is 0 Å². The SMILES string of the molecule is Cc1cc(Nc2ncnc(Cl)c2N)no1. The van der Waals surface area contributed by atoms with Crippen LogP contribution >= 0.6 is 11.6 Å². The highest BCUT2D eigenvalue weighted by Crippen LogP contribution is 2.24. The highest BCUT2D eigenvalue weighted by Gasteiger charge is 2.07. The van der Waals surface area contributed by atoms with E-state index >= 15 is 0 Å². The van der Waals surface area contributed by atoms with E-state index in [0.29, 0.717) is 17.4 Å². The highest BCUT2D eigenvalue weighted by atomic mass is 35.5. The molecular formula is C8H8ClN5O. The van der Waals surface area contributed by atoms with Gasteiger partial charge in [-0.15, -0.1) is 0 Å².